The van der Waals surface area contributed by atoms with Crippen LogP contribution in [0.1, 0.15) is 34.6 Å². The molecule has 0 heterocycles. The summed E-state index contributed by atoms with van der Waals surface area (Å²) in [5.41, 5.74) is 5.09. The Morgan fingerprint density at radius 2 is 1.90 bits per heavy atom. The van der Waals surface area contributed by atoms with Gasteiger partial charge in [0.2, 0.25) is 5.91 Å². The van der Waals surface area contributed by atoms with Crippen molar-refractivity contribution in [2.45, 2.75) is 39.4 Å². The summed E-state index contributed by atoms with van der Waals surface area (Å²) in [6, 6.07) is 0. The van der Waals surface area contributed by atoms with E-state index in [2.05, 4.69) is 25.9 Å². The number of hydrogen-bond donors (Lipinski definition) is 1. The SMILES string of the molecule is CC(C)C(=NOC(=O)N(C)SSC(C)(C)C)SCC(N)=O. The quantitative estimate of drug-likeness (QED) is 0.197. The minimum atomic E-state index is -0.561. The van der Waals surface area contributed by atoms with Gasteiger partial charge < -0.3 is 5.73 Å². The van der Waals surface area contributed by atoms with Gasteiger partial charge in [-0.05, 0) is 0 Å². The number of nitrogens with two attached hydrogens (primary N) is 1. The van der Waals surface area contributed by atoms with Crippen LogP contribution >= 0.6 is 33.5 Å². The summed E-state index contributed by atoms with van der Waals surface area (Å²) >= 11 is 1.18. The van der Waals surface area contributed by atoms with E-state index in [0.29, 0.717) is 5.04 Å². The molecule has 0 aliphatic carbocycles. The van der Waals surface area contributed by atoms with Crippen molar-refractivity contribution in [2.24, 2.45) is 16.8 Å². The Labute approximate surface area is 138 Å². The first-order valence-electron chi connectivity index (χ1n) is 6.32. The lowest BCUT2D eigenvalue weighted by atomic mass is 10.2. The van der Waals surface area contributed by atoms with Crippen molar-refractivity contribution in [3.63, 3.8) is 0 Å². The number of carbonyl (C=O) groups excluding carboxylic acids is 2. The molecule has 122 valence electrons. The summed E-state index contributed by atoms with van der Waals surface area (Å²) in [6.07, 6.45) is -0.561. The molecule has 0 aromatic rings. The molecule has 6 nitrogen and oxygen atoms in total. The Kier molecular flexibility index (Phi) is 9.23. The van der Waals surface area contributed by atoms with Crippen molar-refractivity contribution < 1.29 is 14.4 Å². The van der Waals surface area contributed by atoms with E-state index in [1.807, 2.05) is 13.8 Å². The molecule has 0 spiro atoms. The molecule has 21 heavy (non-hydrogen) atoms. The first-order chi connectivity index (χ1) is 9.53. The highest BCUT2D eigenvalue weighted by Gasteiger charge is 2.18. The lowest BCUT2D eigenvalue weighted by molar-refractivity contribution is -0.115. The average molecular weight is 354 g/mol. The van der Waals surface area contributed by atoms with E-state index in [1.165, 1.54) is 27.0 Å². The maximum Gasteiger partial charge on any atom is 0.446 e. The van der Waals surface area contributed by atoms with Crippen molar-refractivity contribution in [1.29, 1.82) is 0 Å². The van der Waals surface area contributed by atoms with Crippen molar-refractivity contribution in [2.75, 3.05) is 12.8 Å². The summed E-state index contributed by atoms with van der Waals surface area (Å²) in [7, 11) is 4.46. The fourth-order valence-electron chi connectivity index (χ4n) is 0.783. The van der Waals surface area contributed by atoms with Crippen LogP contribution in [0.4, 0.5) is 4.79 Å². The van der Waals surface area contributed by atoms with Crippen molar-refractivity contribution in [1.82, 2.24) is 4.31 Å². The van der Waals surface area contributed by atoms with Crippen molar-refractivity contribution >= 4 is 50.6 Å². The molecule has 9 heteroatoms. The van der Waals surface area contributed by atoms with Gasteiger partial charge in [-0.1, -0.05) is 62.3 Å². The molecule has 0 aliphatic rings. The molecule has 2 amide bonds. The first-order valence-corrected chi connectivity index (χ1v) is 9.41. The van der Waals surface area contributed by atoms with Gasteiger partial charge >= 0.3 is 6.09 Å². The van der Waals surface area contributed by atoms with Gasteiger partial charge in [-0.25, -0.2) is 9.10 Å². The molecule has 0 atom stereocenters. The molecule has 2 N–H and O–H groups in total. The first kappa shape index (κ1) is 20.5. The molecule has 0 radical (unpaired) electrons. The van der Waals surface area contributed by atoms with Crippen LogP contribution in [-0.4, -0.2) is 38.9 Å². The van der Waals surface area contributed by atoms with Gasteiger partial charge in [0.1, 0.15) is 5.04 Å². The Morgan fingerprint density at radius 1 is 1.33 bits per heavy atom. The zero-order valence-electron chi connectivity index (χ0n) is 13.2. The average Bonchev–Trinajstić information content (AvgIpc) is 2.33. The minimum absolute atomic E-state index is 0.0307. The largest absolute Gasteiger partial charge is 0.446 e. The molecule has 0 rings (SSSR count). The number of hydrogen-bond acceptors (Lipinski definition) is 7. The standard InChI is InChI=1S/C12H23N3O3S3/c1-8(2)10(19-7-9(13)16)14-18-11(17)15(6)21-20-12(3,4)5/h8H,7H2,1-6H3,(H2,13,16). The smallest absolute Gasteiger partial charge is 0.369 e. The van der Waals surface area contributed by atoms with Crippen LogP contribution in [-0.2, 0) is 9.63 Å². The zero-order chi connectivity index (χ0) is 16.6. The molecule has 0 aliphatic heterocycles. The van der Waals surface area contributed by atoms with Crippen LogP contribution in [0.15, 0.2) is 5.16 Å². The Hall–Kier alpha value is -0.540. The van der Waals surface area contributed by atoms with E-state index in [4.69, 9.17) is 10.6 Å². The fraction of sp³-hybridized carbons (Fsp3) is 0.750. The zero-order valence-corrected chi connectivity index (χ0v) is 15.7. The topological polar surface area (TPSA) is 85.0 Å². The normalized spacial score (nSPS) is 12.4. The lowest BCUT2D eigenvalue weighted by Gasteiger charge is -2.20. The number of carbonyl (C=O) groups is 2. The van der Waals surface area contributed by atoms with Crippen LogP contribution in [0.3, 0.4) is 0 Å². The van der Waals surface area contributed by atoms with E-state index in [1.54, 1.807) is 17.8 Å². The monoisotopic (exact) mass is 353 g/mol. The summed E-state index contributed by atoms with van der Waals surface area (Å²) in [5, 5.41) is 4.38. The number of rotatable bonds is 6. The number of primary amides is 1. The third-order valence-corrected chi connectivity index (χ3v) is 6.34. The van der Waals surface area contributed by atoms with Gasteiger partial charge in [0.15, 0.2) is 0 Å². The van der Waals surface area contributed by atoms with Gasteiger partial charge in [-0.2, -0.15) is 0 Å². The number of amides is 2. The highest BCUT2D eigenvalue weighted by molar-refractivity contribution is 8.76. The maximum absolute atomic E-state index is 11.8. The molecular formula is C12H23N3O3S3. The molecule has 0 saturated heterocycles. The van der Waals surface area contributed by atoms with Crippen LogP contribution < -0.4 is 5.73 Å². The van der Waals surface area contributed by atoms with E-state index in [-0.39, 0.29) is 16.4 Å². The summed E-state index contributed by atoms with van der Waals surface area (Å²) < 4.78 is 1.40. The minimum Gasteiger partial charge on any atom is -0.369 e. The molecule has 0 bridgehead atoms. The van der Waals surface area contributed by atoms with E-state index < -0.39 is 12.0 Å². The van der Waals surface area contributed by atoms with E-state index >= 15 is 0 Å². The molecule has 0 aromatic carbocycles. The highest BCUT2D eigenvalue weighted by atomic mass is 33.1. The molecule has 0 aromatic heterocycles. The second kappa shape index (κ2) is 9.47. The Bertz CT molecular complexity index is 395. The van der Waals surface area contributed by atoms with E-state index in [0.717, 1.165) is 0 Å². The number of nitrogens with zero attached hydrogens (tertiary/aromatic N) is 2. The van der Waals surface area contributed by atoms with Crippen LogP contribution in [0.5, 0.6) is 0 Å². The Balaban J connectivity index is 4.44. The van der Waals surface area contributed by atoms with Gasteiger partial charge in [-0.3, -0.25) is 9.63 Å². The fourth-order valence-corrected chi connectivity index (χ4v) is 3.12. The van der Waals surface area contributed by atoms with Gasteiger partial charge in [-0.15, -0.1) is 0 Å². The summed E-state index contributed by atoms with van der Waals surface area (Å²) in [5.74, 6) is -0.281. The number of thioether (sulfide) groups is 1. The van der Waals surface area contributed by atoms with Gasteiger partial charge in [0.25, 0.3) is 0 Å². The molecule has 0 saturated carbocycles. The maximum atomic E-state index is 11.8. The molecular weight excluding hydrogens is 330 g/mol. The summed E-state index contributed by atoms with van der Waals surface area (Å²) in [6.45, 7) is 9.96. The van der Waals surface area contributed by atoms with Crippen LogP contribution in [0.25, 0.3) is 0 Å². The third-order valence-electron chi connectivity index (χ3n) is 1.73. The third kappa shape index (κ3) is 10.8. The predicted octanol–water partition coefficient (Wildman–Crippen LogP) is 3.34. The lowest BCUT2D eigenvalue weighted by Crippen LogP contribution is -2.21. The molecule has 0 fully saturated rings. The van der Waals surface area contributed by atoms with Crippen LogP contribution in [0, 0.1) is 5.92 Å². The predicted molar refractivity (Wildman–Crippen MR) is 93.1 cm³/mol. The summed E-state index contributed by atoms with van der Waals surface area (Å²) in [4.78, 5) is 27.5. The highest BCUT2D eigenvalue weighted by Crippen LogP contribution is 2.36. The Morgan fingerprint density at radius 3 is 2.33 bits per heavy atom. The van der Waals surface area contributed by atoms with Crippen LogP contribution in [0.2, 0.25) is 0 Å². The molecule has 0 unspecified atom stereocenters. The van der Waals surface area contributed by atoms with E-state index in [9.17, 15) is 9.59 Å². The van der Waals surface area contributed by atoms with Crippen molar-refractivity contribution in [3.05, 3.63) is 0 Å². The second-order valence-electron chi connectivity index (χ2n) is 5.46. The number of oxime groups is 1. The van der Waals surface area contributed by atoms with Gasteiger partial charge in [0.05, 0.1) is 5.75 Å². The second-order valence-corrected chi connectivity index (χ2v) is 9.50. The van der Waals surface area contributed by atoms with Gasteiger partial charge in [0, 0.05) is 28.7 Å². The van der Waals surface area contributed by atoms with Crippen molar-refractivity contribution in [3.8, 4) is 0 Å².